The zero-order valence-electron chi connectivity index (χ0n) is 11.6. The van der Waals surface area contributed by atoms with Gasteiger partial charge >= 0.3 is 0 Å². The molecule has 2 aromatic carbocycles. The van der Waals surface area contributed by atoms with Gasteiger partial charge in [0.1, 0.15) is 12.4 Å². The number of nitrogens with one attached hydrogen (secondary N) is 1. The van der Waals surface area contributed by atoms with E-state index in [0.717, 1.165) is 0 Å². The van der Waals surface area contributed by atoms with Crippen LogP contribution in [-0.2, 0) is 0 Å². The van der Waals surface area contributed by atoms with Crippen LogP contribution in [0, 0.1) is 18.8 Å². The van der Waals surface area contributed by atoms with E-state index in [0.29, 0.717) is 22.4 Å². The number of aliphatic hydroxyl groups is 1. The van der Waals surface area contributed by atoms with Crippen molar-refractivity contribution < 1.29 is 15.0 Å². The predicted molar refractivity (Wildman–Crippen MR) is 81.2 cm³/mol. The van der Waals surface area contributed by atoms with E-state index in [4.69, 9.17) is 5.11 Å². The molecule has 0 saturated heterocycles. The molecule has 0 unspecified atom stereocenters. The van der Waals surface area contributed by atoms with E-state index in [9.17, 15) is 9.90 Å². The third-order valence-corrected chi connectivity index (χ3v) is 2.94. The average molecular weight is 281 g/mol. The molecule has 0 atom stereocenters. The molecule has 0 aliphatic rings. The molecule has 2 aromatic rings. The van der Waals surface area contributed by atoms with Crippen molar-refractivity contribution in [1.82, 2.24) is 0 Å². The zero-order chi connectivity index (χ0) is 15.2. The van der Waals surface area contributed by atoms with Gasteiger partial charge in [0.15, 0.2) is 0 Å². The number of aliphatic hydroxyl groups excluding tert-OH is 1. The maximum absolute atomic E-state index is 12.2. The Balaban J connectivity index is 2.25. The van der Waals surface area contributed by atoms with Crippen LogP contribution in [0.15, 0.2) is 42.5 Å². The van der Waals surface area contributed by atoms with Crippen molar-refractivity contribution in [3.63, 3.8) is 0 Å². The van der Waals surface area contributed by atoms with Crippen LogP contribution in [0.1, 0.15) is 21.5 Å². The molecule has 1 amide bonds. The lowest BCUT2D eigenvalue weighted by molar-refractivity contribution is 0.102. The van der Waals surface area contributed by atoms with E-state index in [-0.39, 0.29) is 18.3 Å². The maximum atomic E-state index is 12.2. The van der Waals surface area contributed by atoms with Crippen molar-refractivity contribution in [2.75, 3.05) is 11.9 Å². The molecular weight excluding hydrogens is 266 g/mol. The SMILES string of the molecule is Cc1cc(C(=O)Nc2ccccc2C#CCO)ccc1O. The highest BCUT2D eigenvalue weighted by atomic mass is 16.3. The van der Waals surface area contributed by atoms with Gasteiger partial charge in [0.25, 0.3) is 5.91 Å². The van der Waals surface area contributed by atoms with Gasteiger partial charge in [0, 0.05) is 11.1 Å². The number of benzene rings is 2. The molecule has 106 valence electrons. The van der Waals surface area contributed by atoms with Gasteiger partial charge in [0.2, 0.25) is 0 Å². The Hall–Kier alpha value is -2.77. The van der Waals surface area contributed by atoms with Crippen molar-refractivity contribution in [3.05, 3.63) is 59.2 Å². The molecule has 0 bridgehead atoms. The van der Waals surface area contributed by atoms with Gasteiger partial charge in [-0.2, -0.15) is 0 Å². The average Bonchev–Trinajstić information content (AvgIpc) is 2.49. The van der Waals surface area contributed by atoms with Crippen molar-refractivity contribution >= 4 is 11.6 Å². The first-order chi connectivity index (χ1) is 10.1. The second kappa shape index (κ2) is 6.60. The number of carbonyl (C=O) groups excluding carboxylic acids is 1. The first-order valence-electron chi connectivity index (χ1n) is 6.41. The molecule has 0 heterocycles. The van der Waals surface area contributed by atoms with Gasteiger partial charge in [-0.1, -0.05) is 24.0 Å². The number of hydrogen-bond acceptors (Lipinski definition) is 3. The summed E-state index contributed by atoms with van der Waals surface area (Å²) < 4.78 is 0. The highest BCUT2D eigenvalue weighted by Gasteiger charge is 2.09. The first-order valence-corrected chi connectivity index (χ1v) is 6.41. The third kappa shape index (κ3) is 3.62. The highest BCUT2D eigenvalue weighted by molar-refractivity contribution is 6.05. The van der Waals surface area contributed by atoms with Crippen LogP contribution in [0.2, 0.25) is 0 Å². The number of carbonyl (C=O) groups is 1. The van der Waals surface area contributed by atoms with E-state index < -0.39 is 0 Å². The molecule has 0 aromatic heterocycles. The fourth-order valence-corrected chi connectivity index (χ4v) is 1.83. The maximum Gasteiger partial charge on any atom is 0.255 e. The summed E-state index contributed by atoms with van der Waals surface area (Å²) in [6.45, 7) is 1.49. The van der Waals surface area contributed by atoms with Gasteiger partial charge in [-0.15, -0.1) is 0 Å². The third-order valence-electron chi connectivity index (χ3n) is 2.94. The number of aromatic hydroxyl groups is 1. The summed E-state index contributed by atoms with van der Waals surface area (Å²) in [4.78, 5) is 12.2. The molecule has 2 rings (SSSR count). The topological polar surface area (TPSA) is 69.6 Å². The summed E-state index contributed by atoms with van der Waals surface area (Å²) >= 11 is 0. The molecule has 0 spiro atoms. The summed E-state index contributed by atoms with van der Waals surface area (Å²) in [5.74, 6) is 5.21. The Bertz CT molecular complexity index is 726. The zero-order valence-corrected chi connectivity index (χ0v) is 11.6. The molecule has 21 heavy (non-hydrogen) atoms. The Morgan fingerprint density at radius 3 is 2.71 bits per heavy atom. The number of aryl methyl sites for hydroxylation is 1. The van der Waals surface area contributed by atoms with Crippen LogP contribution in [-0.4, -0.2) is 22.7 Å². The normalized spacial score (nSPS) is 9.62. The minimum absolute atomic E-state index is 0.153. The largest absolute Gasteiger partial charge is 0.508 e. The van der Waals surface area contributed by atoms with Crippen LogP contribution < -0.4 is 5.32 Å². The lowest BCUT2D eigenvalue weighted by atomic mass is 10.1. The predicted octanol–water partition coefficient (Wildman–Crippen LogP) is 2.30. The summed E-state index contributed by atoms with van der Waals surface area (Å²) in [7, 11) is 0. The minimum atomic E-state index is -0.281. The van der Waals surface area contributed by atoms with E-state index in [2.05, 4.69) is 17.2 Å². The molecule has 0 aliphatic heterocycles. The highest BCUT2D eigenvalue weighted by Crippen LogP contribution is 2.19. The van der Waals surface area contributed by atoms with Gasteiger partial charge in [0.05, 0.1) is 5.69 Å². The Morgan fingerprint density at radius 2 is 2.00 bits per heavy atom. The Labute approximate surface area is 123 Å². The fourth-order valence-electron chi connectivity index (χ4n) is 1.83. The number of amides is 1. The molecule has 4 nitrogen and oxygen atoms in total. The Morgan fingerprint density at radius 1 is 1.24 bits per heavy atom. The van der Waals surface area contributed by atoms with E-state index in [1.54, 1.807) is 37.3 Å². The molecule has 3 N–H and O–H groups in total. The second-order valence-corrected chi connectivity index (χ2v) is 4.46. The van der Waals surface area contributed by atoms with Crippen LogP contribution in [0.3, 0.4) is 0 Å². The second-order valence-electron chi connectivity index (χ2n) is 4.46. The molecule has 0 radical (unpaired) electrons. The van der Waals surface area contributed by atoms with Crippen LogP contribution in [0.25, 0.3) is 0 Å². The summed E-state index contributed by atoms with van der Waals surface area (Å²) in [5.41, 5.74) is 2.30. The Kier molecular flexibility index (Phi) is 4.60. The number of phenolic OH excluding ortho intramolecular Hbond substituents is 1. The first kappa shape index (κ1) is 14.6. The van der Waals surface area contributed by atoms with Gasteiger partial charge in [-0.25, -0.2) is 0 Å². The smallest absolute Gasteiger partial charge is 0.255 e. The summed E-state index contributed by atoms with van der Waals surface area (Å²) in [6, 6.07) is 11.8. The summed E-state index contributed by atoms with van der Waals surface area (Å²) in [6.07, 6.45) is 0. The van der Waals surface area contributed by atoms with Gasteiger partial charge in [-0.3, -0.25) is 4.79 Å². The van der Waals surface area contributed by atoms with Gasteiger partial charge in [-0.05, 0) is 42.8 Å². The van der Waals surface area contributed by atoms with Gasteiger partial charge < -0.3 is 15.5 Å². The number of hydrogen-bond donors (Lipinski definition) is 3. The number of anilines is 1. The molecule has 0 saturated carbocycles. The lowest BCUT2D eigenvalue weighted by Gasteiger charge is -2.08. The van der Waals surface area contributed by atoms with Crippen LogP contribution in [0.4, 0.5) is 5.69 Å². The molecular formula is C17H15NO3. The quantitative estimate of drug-likeness (QED) is 0.740. The molecule has 0 aliphatic carbocycles. The van der Waals surface area contributed by atoms with Crippen LogP contribution in [0.5, 0.6) is 5.75 Å². The van der Waals surface area contributed by atoms with Crippen molar-refractivity contribution in [2.24, 2.45) is 0 Å². The van der Waals surface area contributed by atoms with Crippen molar-refractivity contribution in [3.8, 4) is 17.6 Å². The number of rotatable bonds is 2. The minimum Gasteiger partial charge on any atom is -0.508 e. The number of para-hydroxylation sites is 1. The molecule has 0 fully saturated rings. The fraction of sp³-hybridized carbons (Fsp3) is 0.118. The monoisotopic (exact) mass is 281 g/mol. The number of phenols is 1. The van der Waals surface area contributed by atoms with Crippen molar-refractivity contribution in [1.29, 1.82) is 0 Å². The van der Waals surface area contributed by atoms with Crippen LogP contribution >= 0.6 is 0 Å². The summed E-state index contributed by atoms with van der Waals surface area (Å²) in [5, 5.41) is 21.0. The van der Waals surface area contributed by atoms with E-state index in [1.165, 1.54) is 6.07 Å². The van der Waals surface area contributed by atoms with E-state index in [1.807, 2.05) is 6.07 Å². The lowest BCUT2D eigenvalue weighted by Crippen LogP contribution is -2.13. The molecule has 4 heteroatoms. The van der Waals surface area contributed by atoms with Crippen molar-refractivity contribution in [2.45, 2.75) is 6.92 Å². The van der Waals surface area contributed by atoms with E-state index >= 15 is 0 Å². The standard InChI is InChI=1S/C17H15NO3/c1-12-11-14(8-9-16(12)20)17(21)18-15-7-3-2-5-13(15)6-4-10-19/h2-3,5,7-9,11,19-20H,10H2,1H3,(H,18,21).